The summed E-state index contributed by atoms with van der Waals surface area (Å²) in [7, 11) is 0. The molecule has 0 aliphatic rings. The number of aliphatic carboxylic acids is 1. The highest BCUT2D eigenvalue weighted by molar-refractivity contribution is 6.08. The summed E-state index contributed by atoms with van der Waals surface area (Å²) < 4.78 is 0. The Labute approximate surface area is 115 Å². The largest absolute Gasteiger partial charge is 0.478 e. The predicted molar refractivity (Wildman–Crippen MR) is 76.4 cm³/mol. The van der Waals surface area contributed by atoms with Gasteiger partial charge in [-0.15, -0.1) is 0 Å². The second-order valence-electron chi connectivity index (χ2n) is 4.43. The van der Waals surface area contributed by atoms with Crippen molar-refractivity contribution in [2.24, 2.45) is 0 Å². The molecule has 0 unspecified atom stereocenters. The monoisotopic (exact) mass is 270 g/mol. The van der Waals surface area contributed by atoms with Crippen LogP contribution in [0.1, 0.15) is 13.8 Å². The lowest BCUT2D eigenvalue weighted by Crippen LogP contribution is -2.16. The first-order valence-electron chi connectivity index (χ1n) is 6.06. The molecule has 0 aliphatic heterocycles. The van der Waals surface area contributed by atoms with Crippen LogP contribution in [-0.2, 0) is 9.59 Å². The van der Waals surface area contributed by atoms with Crippen molar-refractivity contribution in [2.45, 2.75) is 13.8 Å². The van der Waals surface area contributed by atoms with E-state index in [-0.39, 0.29) is 11.1 Å². The summed E-state index contributed by atoms with van der Waals surface area (Å²) in [6.07, 6.45) is 1.55. The molecule has 1 heterocycles. The van der Waals surface area contributed by atoms with E-state index < -0.39 is 11.9 Å². The van der Waals surface area contributed by atoms with Crippen LogP contribution < -0.4 is 5.32 Å². The van der Waals surface area contributed by atoms with Crippen LogP contribution in [0.3, 0.4) is 0 Å². The third-order valence-corrected chi connectivity index (χ3v) is 3.07. The van der Waals surface area contributed by atoms with Crippen molar-refractivity contribution in [3.05, 3.63) is 47.7 Å². The van der Waals surface area contributed by atoms with Crippen LogP contribution in [0, 0.1) is 0 Å². The summed E-state index contributed by atoms with van der Waals surface area (Å²) in [5, 5.41) is 12.4. The first kappa shape index (κ1) is 13.7. The van der Waals surface area contributed by atoms with Gasteiger partial charge in [0.15, 0.2) is 0 Å². The first-order chi connectivity index (χ1) is 9.49. The second-order valence-corrected chi connectivity index (χ2v) is 4.43. The number of fused-ring (bicyclic) bond motifs is 1. The van der Waals surface area contributed by atoms with E-state index in [1.54, 1.807) is 12.3 Å². The number of pyridine rings is 1. The van der Waals surface area contributed by atoms with Crippen LogP contribution in [0.15, 0.2) is 47.7 Å². The molecule has 2 rings (SSSR count). The van der Waals surface area contributed by atoms with E-state index in [0.717, 1.165) is 10.9 Å². The zero-order valence-electron chi connectivity index (χ0n) is 11.2. The maximum Gasteiger partial charge on any atom is 0.331 e. The van der Waals surface area contributed by atoms with E-state index in [2.05, 4.69) is 10.3 Å². The molecular formula is C15H14N2O3. The van der Waals surface area contributed by atoms with E-state index in [4.69, 9.17) is 5.11 Å². The lowest BCUT2D eigenvalue weighted by Gasteiger charge is -2.07. The number of carboxylic acids is 1. The van der Waals surface area contributed by atoms with Crippen molar-refractivity contribution in [3.8, 4) is 0 Å². The van der Waals surface area contributed by atoms with E-state index in [0.29, 0.717) is 5.69 Å². The van der Waals surface area contributed by atoms with Crippen LogP contribution in [0.2, 0.25) is 0 Å². The van der Waals surface area contributed by atoms with Gasteiger partial charge in [-0.3, -0.25) is 9.78 Å². The fraction of sp³-hybridized carbons (Fsp3) is 0.133. The molecule has 1 amide bonds. The fourth-order valence-electron chi connectivity index (χ4n) is 1.69. The molecular weight excluding hydrogens is 256 g/mol. The maximum atomic E-state index is 11.9. The Morgan fingerprint density at radius 2 is 1.85 bits per heavy atom. The summed E-state index contributed by atoms with van der Waals surface area (Å²) in [6.45, 7) is 2.88. The van der Waals surface area contributed by atoms with Gasteiger partial charge in [0.2, 0.25) is 0 Å². The predicted octanol–water partition coefficient (Wildman–Crippen LogP) is 2.59. The van der Waals surface area contributed by atoms with Gasteiger partial charge in [0.1, 0.15) is 0 Å². The van der Waals surface area contributed by atoms with Crippen molar-refractivity contribution < 1.29 is 14.7 Å². The number of carboxylic acid groups (broad SMARTS) is 1. The van der Waals surface area contributed by atoms with E-state index in [9.17, 15) is 9.59 Å². The Bertz CT molecular complexity index is 720. The Morgan fingerprint density at radius 3 is 2.55 bits per heavy atom. The normalized spacial score (nSPS) is 11.9. The number of hydrogen-bond donors (Lipinski definition) is 2. The van der Waals surface area contributed by atoms with Gasteiger partial charge in [-0.25, -0.2) is 4.79 Å². The number of aromatic nitrogens is 1. The van der Waals surface area contributed by atoms with Gasteiger partial charge in [-0.05, 0) is 26.0 Å². The molecule has 0 spiro atoms. The highest BCUT2D eigenvalue weighted by Gasteiger charge is 2.13. The average Bonchev–Trinajstić information content (AvgIpc) is 2.45. The Hall–Kier alpha value is -2.69. The zero-order valence-corrected chi connectivity index (χ0v) is 11.2. The molecule has 0 atom stereocenters. The van der Waals surface area contributed by atoms with Crippen molar-refractivity contribution in [1.29, 1.82) is 0 Å². The highest BCUT2D eigenvalue weighted by atomic mass is 16.4. The quantitative estimate of drug-likeness (QED) is 0.840. The van der Waals surface area contributed by atoms with Crippen LogP contribution in [0.25, 0.3) is 10.9 Å². The number of rotatable bonds is 3. The summed E-state index contributed by atoms with van der Waals surface area (Å²) in [5.41, 5.74) is 1.56. The molecule has 0 bridgehead atoms. The van der Waals surface area contributed by atoms with Crippen LogP contribution in [-0.4, -0.2) is 22.0 Å². The molecule has 1 aromatic carbocycles. The van der Waals surface area contributed by atoms with Crippen molar-refractivity contribution in [2.75, 3.05) is 5.32 Å². The molecule has 0 saturated carbocycles. The number of amides is 1. The van der Waals surface area contributed by atoms with Gasteiger partial charge in [0.25, 0.3) is 5.91 Å². The number of hydrogen-bond acceptors (Lipinski definition) is 3. The standard InChI is InChI=1S/C15H14N2O3/c1-9(10(2)15(19)20)14(18)17-12-7-11-5-3-4-6-13(11)16-8-12/h3-8H,1-2H3,(H,17,18)(H,19,20). The SMILES string of the molecule is CC(C(=O)O)=C(C)C(=O)Nc1cnc2ccccc2c1. The molecule has 2 aromatic rings. The lowest BCUT2D eigenvalue weighted by atomic mass is 10.1. The Morgan fingerprint density at radius 1 is 1.15 bits per heavy atom. The first-order valence-corrected chi connectivity index (χ1v) is 6.06. The van der Waals surface area contributed by atoms with Crippen molar-refractivity contribution in [3.63, 3.8) is 0 Å². The third kappa shape index (κ3) is 2.83. The molecule has 20 heavy (non-hydrogen) atoms. The van der Waals surface area contributed by atoms with Gasteiger partial charge >= 0.3 is 5.97 Å². The molecule has 102 valence electrons. The number of carbonyl (C=O) groups excluding carboxylic acids is 1. The molecule has 5 nitrogen and oxygen atoms in total. The van der Waals surface area contributed by atoms with Crippen molar-refractivity contribution in [1.82, 2.24) is 4.98 Å². The van der Waals surface area contributed by atoms with E-state index in [1.165, 1.54) is 13.8 Å². The number of anilines is 1. The number of para-hydroxylation sites is 1. The summed E-state index contributed by atoms with van der Waals surface area (Å²) in [5.74, 6) is -1.55. The molecule has 0 radical (unpaired) electrons. The lowest BCUT2D eigenvalue weighted by molar-refractivity contribution is -0.133. The van der Waals surface area contributed by atoms with Gasteiger partial charge in [0.05, 0.1) is 17.4 Å². The van der Waals surface area contributed by atoms with Gasteiger partial charge in [0, 0.05) is 16.5 Å². The molecule has 1 aromatic heterocycles. The number of nitrogens with one attached hydrogen (secondary N) is 1. The Kier molecular flexibility index (Phi) is 3.79. The molecule has 2 N–H and O–H groups in total. The molecule has 0 aliphatic carbocycles. The summed E-state index contributed by atoms with van der Waals surface area (Å²) in [4.78, 5) is 27.0. The summed E-state index contributed by atoms with van der Waals surface area (Å²) in [6, 6.07) is 9.33. The topological polar surface area (TPSA) is 79.3 Å². The Balaban J connectivity index is 2.26. The minimum absolute atomic E-state index is 0.0243. The van der Waals surface area contributed by atoms with Crippen LogP contribution >= 0.6 is 0 Å². The van der Waals surface area contributed by atoms with Gasteiger partial charge < -0.3 is 10.4 Å². The highest BCUT2D eigenvalue weighted by Crippen LogP contribution is 2.17. The van der Waals surface area contributed by atoms with Gasteiger partial charge in [-0.1, -0.05) is 18.2 Å². The minimum atomic E-state index is -1.10. The van der Waals surface area contributed by atoms with Crippen LogP contribution in [0.5, 0.6) is 0 Å². The van der Waals surface area contributed by atoms with E-state index >= 15 is 0 Å². The average molecular weight is 270 g/mol. The number of carbonyl (C=O) groups is 2. The number of benzene rings is 1. The minimum Gasteiger partial charge on any atom is -0.478 e. The second kappa shape index (κ2) is 5.52. The maximum absolute atomic E-state index is 11.9. The number of nitrogens with zero attached hydrogens (tertiary/aromatic N) is 1. The smallest absolute Gasteiger partial charge is 0.331 e. The van der Waals surface area contributed by atoms with E-state index in [1.807, 2.05) is 24.3 Å². The summed E-state index contributed by atoms with van der Waals surface area (Å²) >= 11 is 0. The molecule has 0 fully saturated rings. The fourth-order valence-corrected chi connectivity index (χ4v) is 1.69. The van der Waals surface area contributed by atoms with Crippen LogP contribution in [0.4, 0.5) is 5.69 Å². The van der Waals surface area contributed by atoms with Crippen molar-refractivity contribution >= 4 is 28.5 Å². The zero-order chi connectivity index (χ0) is 14.7. The molecule has 0 saturated heterocycles. The molecule has 5 heteroatoms. The van der Waals surface area contributed by atoms with Gasteiger partial charge in [-0.2, -0.15) is 0 Å². The third-order valence-electron chi connectivity index (χ3n) is 3.07.